The molecule has 184 valence electrons. The lowest BCUT2D eigenvalue weighted by Gasteiger charge is -2.57. The first-order chi connectivity index (χ1) is 16.3. The lowest BCUT2D eigenvalue weighted by atomic mass is 9.48. The molecule has 0 saturated heterocycles. The summed E-state index contributed by atoms with van der Waals surface area (Å²) in [6.07, 6.45) is 11.4. The zero-order valence-corrected chi connectivity index (χ0v) is 22.7. The highest BCUT2D eigenvalue weighted by molar-refractivity contribution is 14.1. The normalized spacial score (nSPS) is 41.6. The number of Topliss-reactive ketones (excluding diaryl/α,β-unsaturated/α-hetero) is 1. The van der Waals surface area contributed by atoms with Crippen molar-refractivity contribution >= 4 is 39.4 Å². The smallest absolute Gasteiger partial charge is 0.157 e. The van der Waals surface area contributed by atoms with E-state index in [1.54, 1.807) is 0 Å². The number of hydrogen-bond donors (Lipinski definition) is 1. The van der Waals surface area contributed by atoms with Gasteiger partial charge in [-0.3, -0.25) is 4.79 Å². The first-order valence-corrected chi connectivity index (χ1v) is 14.6. The second kappa shape index (κ2) is 8.53. The highest BCUT2D eigenvalue weighted by Gasteiger charge is 2.58. The maximum absolute atomic E-state index is 13.7. The fourth-order valence-electron chi connectivity index (χ4n) is 9.13. The van der Waals surface area contributed by atoms with Gasteiger partial charge in [-0.15, -0.1) is 5.10 Å². The molecule has 0 aliphatic heterocycles. The Morgan fingerprint density at radius 3 is 2.76 bits per heavy atom. The molecule has 1 heterocycles. The molecule has 0 bridgehead atoms. The fraction of sp³-hybridized carbons (Fsp3) is 0.750. The van der Waals surface area contributed by atoms with Crippen LogP contribution in [-0.4, -0.2) is 31.5 Å². The van der Waals surface area contributed by atoms with Crippen molar-refractivity contribution in [3.05, 3.63) is 21.8 Å². The molecule has 4 aliphatic carbocycles. The maximum atomic E-state index is 13.7. The number of rotatable bonds is 4. The van der Waals surface area contributed by atoms with E-state index in [9.17, 15) is 9.90 Å². The van der Waals surface area contributed by atoms with Gasteiger partial charge in [-0.25, -0.2) is 4.68 Å². The van der Waals surface area contributed by atoms with Crippen molar-refractivity contribution in [3.63, 3.8) is 0 Å². The summed E-state index contributed by atoms with van der Waals surface area (Å²) in [6, 6.07) is 6.13. The zero-order chi connectivity index (χ0) is 23.7. The summed E-state index contributed by atoms with van der Waals surface area (Å²) in [6.45, 7) is 4.93. The average Bonchev–Trinajstić information content (AvgIpc) is 3.38. The van der Waals surface area contributed by atoms with Gasteiger partial charge in [-0.2, -0.15) is 0 Å². The number of hydrogen-bond acceptors (Lipinski definition) is 4. The topological polar surface area (TPSA) is 68.0 Å². The number of benzene rings is 1. The van der Waals surface area contributed by atoms with Crippen molar-refractivity contribution in [2.45, 2.75) is 90.2 Å². The molecule has 0 spiro atoms. The second-order valence-electron chi connectivity index (χ2n) is 12.3. The molecule has 2 aromatic rings. The van der Waals surface area contributed by atoms with Crippen LogP contribution in [0.15, 0.2) is 18.2 Å². The monoisotopic (exact) mass is 575 g/mol. The second-order valence-corrected chi connectivity index (χ2v) is 13.5. The minimum Gasteiger partial charge on any atom is -0.390 e. The van der Waals surface area contributed by atoms with Crippen LogP contribution in [0, 0.1) is 44.5 Å². The number of aromatic nitrogens is 3. The zero-order valence-electron chi connectivity index (χ0n) is 20.5. The molecule has 0 radical (unpaired) electrons. The molecule has 34 heavy (non-hydrogen) atoms. The van der Waals surface area contributed by atoms with Crippen LogP contribution in [0.1, 0.15) is 78.1 Å². The van der Waals surface area contributed by atoms with Gasteiger partial charge in [0.15, 0.2) is 5.78 Å². The Hall–Kier alpha value is -1.02. The fourth-order valence-corrected chi connectivity index (χ4v) is 9.61. The summed E-state index contributed by atoms with van der Waals surface area (Å²) in [5.41, 5.74) is 1.55. The summed E-state index contributed by atoms with van der Waals surface area (Å²) < 4.78 is 2.96. The minimum absolute atomic E-state index is 0.135. The molecule has 4 aliphatic rings. The summed E-state index contributed by atoms with van der Waals surface area (Å²) in [5, 5.41) is 19.6. The van der Waals surface area contributed by atoms with Crippen molar-refractivity contribution in [2.24, 2.45) is 40.9 Å². The number of carbonyl (C=O) groups is 1. The first kappa shape index (κ1) is 23.4. The Labute approximate surface area is 216 Å². The van der Waals surface area contributed by atoms with E-state index in [1.165, 1.54) is 38.5 Å². The van der Waals surface area contributed by atoms with E-state index in [-0.39, 0.29) is 11.3 Å². The molecule has 1 N–H and O–H groups in total. The summed E-state index contributed by atoms with van der Waals surface area (Å²) in [7, 11) is 0. The lowest BCUT2D eigenvalue weighted by Crippen LogP contribution is -2.51. The number of ketones is 1. The van der Waals surface area contributed by atoms with Crippen molar-refractivity contribution < 1.29 is 9.90 Å². The number of halogens is 1. The third-order valence-corrected chi connectivity index (χ3v) is 11.6. The number of nitrogens with zero attached hydrogens (tertiary/aromatic N) is 3. The van der Waals surface area contributed by atoms with Crippen LogP contribution in [0.4, 0.5) is 0 Å². The minimum atomic E-state index is -0.411. The predicted molar refractivity (Wildman–Crippen MR) is 141 cm³/mol. The van der Waals surface area contributed by atoms with Crippen molar-refractivity contribution in [2.75, 3.05) is 0 Å². The third-order valence-electron chi connectivity index (χ3n) is 10.9. The standard InChI is InChI=1S/C28H38IN3O2/c1-3-28(34)13-11-19-17(15-28)4-6-21-20(19)10-12-27(2)22(21)7-8-23(27)26(33)16-32-25-9-5-18(29)14-24(25)30-31-32/h5,9,14,17,19-23,34H,3-4,6-8,10-13,15-16H2,1-2H3/t17-,19-,20+,21+,22-,23+,27-,28+/m0/s1. The summed E-state index contributed by atoms with van der Waals surface area (Å²) >= 11 is 2.29. The Bertz CT molecular complexity index is 1100. The van der Waals surface area contributed by atoms with Crippen LogP contribution in [0.3, 0.4) is 0 Å². The molecule has 4 fully saturated rings. The van der Waals surface area contributed by atoms with Crippen LogP contribution in [0.2, 0.25) is 0 Å². The Kier molecular flexibility index (Phi) is 5.87. The van der Waals surface area contributed by atoms with Gasteiger partial charge in [0.1, 0.15) is 12.1 Å². The van der Waals surface area contributed by atoms with E-state index in [4.69, 9.17) is 0 Å². The molecule has 8 atom stereocenters. The molecular weight excluding hydrogens is 537 g/mol. The van der Waals surface area contributed by atoms with E-state index in [0.29, 0.717) is 24.2 Å². The molecule has 0 unspecified atom stereocenters. The molecule has 5 nitrogen and oxygen atoms in total. The van der Waals surface area contributed by atoms with E-state index in [0.717, 1.165) is 58.0 Å². The number of carbonyl (C=O) groups excluding carboxylic acids is 1. The van der Waals surface area contributed by atoms with Gasteiger partial charge in [0.05, 0.1) is 11.1 Å². The van der Waals surface area contributed by atoms with Gasteiger partial charge in [0.2, 0.25) is 0 Å². The van der Waals surface area contributed by atoms with E-state index < -0.39 is 5.60 Å². The van der Waals surface area contributed by atoms with E-state index in [2.05, 4.69) is 52.8 Å². The lowest BCUT2D eigenvalue weighted by molar-refractivity contribution is -0.133. The molecule has 0 amide bonds. The third kappa shape index (κ3) is 3.68. The molecule has 6 rings (SSSR count). The summed E-state index contributed by atoms with van der Waals surface area (Å²) in [5.74, 6) is 4.29. The van der Waals surface area contributed by atoms with Crippen LogP contribution < -0.4 is 0 Å². The van der Waals surface area contributed by atoms with Crippen molar-refractivity contribution in [1.82, 2.24) is 15.0 Å². The van der Waals surface area contributed by atoms with Gasteiger partial charge in [-0.05, 0) is 140 Å². The Morgan fingerprint density at radius 2 is 1.94 bits per heavy atom. The predicted octanol–water partition coefficient (Wildman–Crippen LogP) is 6.01. The van der Waals surface area contributed by atoms with Gasteiger partial charge in [0.25, 0.3) is 0 Å². The van der Waals surface area contributed by atoms with Gasteiger partial charge in [-0.1, -0.05) is 19.1 Å². The summed E-state index contributed by atoms with van der Waals surface area (Å²) in [4.78, 5) is 13.7. The number of aliphatic hydroxyl groups is 1. The Balaban J connectivity index is 1.18. The van der Waals surface area contributed by atoms with Crippen LogP contribution in [-0.2, 0) is 11.3 Å². The highest BCUT2D eigenvalue weighted by Crippen LogP contribution is 2.64. The Morgan fingerprint density at radius 1 is 1.12 bits per heavy atom. The maximum Gasteiger partial charge on any atom is 0.157 e. The molecule has 1 aromatic heterocycles. The average molecular weight is 576 g/mol. The van der Waals surface area contributed by atoms with Gasteiger partial charge in [0, 0.05) is 9.49 Å². The molecular formula is C28H38IN3O2. The van der Waals surface area contributed by atoms with Gasteiger partial charge < -0.3 is 5.11 Å². The van der Waals surface area contributed by atoms with E-state index >= 15 is 0 Å². The molecule has 1 aromatic carbocycles. The van der Waals surface area contributed by atoms with Crippen molar-refractivity contribution in [1.29, 1.82) is 0 Å². The molecule has 6 heteroatoms. The SMILES string of the molecule is CC[C@@]1(O)CC[C@H]2[C@@H](CC[C@@H]3[C@@H]2CC[C@]2(C)[C@@H](C(=O)Cn4nnc5cc(I)ccc54)CC[C@@H]32)C1. The van der Waals surface area contributed by atoms with E-state index in [1.807, 2.05) is 16.8 Å². The van der Waals surface area contributed by atoms with Crippen LogP contribution in [0.5, 0.6) is 0 Å². The number of fused-ring (bicyclic) bond motifs is 6. The van der Waals surface area contributed by atoms with Crippen LogP contribution in [0.25, 0.3) is 11.0 Å². The van der Waals surface area contributed by atoms with Gasteiger partial charge >= 0.3 is 0 Å². The van der Waals surface area contributed by atoms with Crippen LogP contribution >= 0.6 is 22.6 Å². The largest absolute Gasteiger partial charge is 0.390 e. The first-order valence-electron chi connectivity index (χ1n) is 13.6. The quantitative estimate of drug-likeness (QED) is 0.454. The molecule has 4 saturated carbocycles. The van der Waals surface area contributed by atoms with Crippen molar-refractivity contribution in [3.8, 4) is 0 Å². The highest BCUT2D eigenvalue weighted by atomic mass is 127.